The molecule has 0 N–H and O–H groups in total. The Kier molecular flexibility index (Phi) is 7.25. The minimum absolute atomic E-state index is 0.231. The van der Waals surface area contributed by atoms with Gasteiger partial charge in [0, 0.05) is 44.3 Å². The van der Waals surface area contributed by atoms with Crippen LogP contribution in [-0.2, 0) is 20.9 Å². The van der Waals surface area contributed by atoms with Crippen LogP contribution in [0.3, 0.4) is 0 Å². The second-order valence-electron chi connectivity index (χ2n) is 7.95. The summed E-state index contributed by atoms with van der Waals surface area (Å²) in [6, 6.07) is 17.1. The molecular weight excluding hydrogens is 426 g/mol. The number of carbonyl (C=O) groups excluding carboxylic acids is 2. The summed E-state index contributed by atoms with van der Waals surface area (Å²) in [6.45, 7) is 7.17. The van der Waals surface area contributed by atoms with Crippen molar-refractivity contribution in [3.63, 3.8) is 0 Å². The Labute approximate surface area is 194 Å². The van der Waals surface area contributed by atoms with Crippen LogP contribution in [0.4, 0.5) is 0 Å². The highest BCUT2D eigenvalue weighted by Crippen LogP contribution is 2.33. The van der Waals surface area contributed by atoms with E-state index in [1.807, 2.05) is 54.3 Å². The number of morpholine rings is 1. The van der Waals surface area contributed by atoms with Crippen molar-refractivity contribution >= 4 is 29.0 Å². The van der Waals surface area contributed by atoms with Gasteiger partial charge in [0.15, 0.2) is 0 Å². The van der Waals surface area contributed by atoms with E-state index in [-0.39, 0.29) is 11.8 Å². The van der Waals surface area contributed by atoms with E-state index in [9.17, 15) is 9.59 Å². The molecule has 0 aromatic heterocycles. The first kappa shape index (κ1) is 22.5. The van der Waals surface area contributed by atoms with Crippen molar-refractivity contribution in [3.8, 4) is 0 Å². The molecule has 1 saturated heterocycles. The highest BCUT2D eigenvalue weighted by Gasteiger charge is 2.41. The monoisotopic (exact) mass is 453 g/mol. The number of likely N-dealkylation sites (N-methyl/N-ethyl adjacent to an activating group) is 1. The molecule has 0 radical (unpaired) electrons. The van der Waals surface area contributed by atoms with Crippen molar-refractivity contribution in [2.24, 2.45) is 0 Å². The lowest BCUT2D eigenvalue weighted by atomic mass is 10.0. The number of nitrogens with zero attached hydrogens (tertiary/aromatic N) is 3. The third-order valence-electron chi connectivity index (χ3n) is 5.93. The second-order valence-corrected chi connectivity index (χ2v) is 8.38. The quantitative estimate of drug-likeness (QED) is 0.574. The lowest BCUT2D eigenvalue weighted by Crippen LogP contribution is -2.44. The smallest absolute Gasteiger partial charge is 0.277 e. The molecule has 32 heavy (non-hydrogen) atoms. The average molecular weight is 454 g/mol. The normalized spacial score (nSPS) is 17.4. The Morgan fingerprint density at radius 2 is 1.62 bits per heavy atom. The summed E-state index contributed by atoms with van der Waals surface area (Å²) >= 11 is 6.08. The van der Waals surface area contributed by atoms with Crippen LogP contribution in [0.1, 0.15) is 18.1 Å². The van der Waals surface area contributed by atoms with E-state index >= 15 is 0 Å². The number of benzene rings is 2. The van der Waals surface area contributed by atoms with Crippen LogP contribution in [0.15, 0.2) is 60.3 Å². The summed E-state index contributed by atoms with van der Waals surface area (Å²) in [6.07, 6.45) is 0. The lowest BCUT2D eigenvalue weighted by Gasteiger charge is -2.28. The number of halogens is 1. The summed E-state index contributed by atoms with van der Waals surface area (Å²) in [5, 5.41) is 0.591. The summed E-state index contributed by atoms with van der Waals surface area (Å²) in [5.74, 6) is -0.474. The van der Waals surface area contributed by atoms with Gasteiger partial charge in [-0.3, -0.25) is 19.4 Å². The standard InChI is InChI=1S/C25H28ClN3O3/c1-2-28(18-19-6-4-3-5-7-19)23-22(20-8-10-21(26)11-9-20)24(30)29(25(23)31)13-12-27-14-16-32-17-15-27/h3-11H,2,12-18H2,1H3. The van der Waals surface area contributed by atoms with E-state index in [1.54, 1.807) is 12.1 Å². The molecule has 0 unspecified atom stereocenters. The Hall–Kier alpha value is -2.67. The number of rotatable bonds is 8. The van der Waals surface area contributed by atoms with E-state index in [2.05, 4.69) is 4.90 Å². The first-order valence-corrected chi connectivity index (χ1v) is 11.4. The maximum atomic E-state index is 13.6. The Bertz CT molecular complexity index is 985. The highest BCUT2D eigenvalue weighted by molar-refractivity contribution is 6.36. The van der Waals surface area contributed by atoms with Gasteiger partial charge in [0.1, 0.15) is 5.70 Å². The zero-order valence-corrected chi connectivity index (χ0v) is 19.1. The largest absolute Gasteiger partial charge is 0.379 e. The van der Waals surface area contributed by atoms with Gasteiger partial charge in [-0.05, 0) is 30.2 Å². The van der Waals surface area contributed by atoms with Crippen LogP contribution < -0.4 is 0 Å². The van der Waals surface area contributed by atoms with Crippen LogP contribution in [0.2, 0.25) is 5.02 Å². The molecule has 0 atom stereocenters. The molecule has 0 saturated carbocycles. The molecule has 2 aliphatic rings. The van der Waals surface area contributed by atoms with Crippen molar-refractivity contribution in [2.45, 2.75) is 13.5 Å². The van der Waals surface area contributed by atoms with Crippen LogP contribution in [-0.4, -0.2) is 72.5 Å². The van der Waals surface area contributed by atoms with Crippen LogP contribution in [0.25, 0.3) is 5.57 Å². The number of hydrogen-bond donors (Lipinski definition) is 0. The molecule has 4 rings (SSSR count). The van der Waals surface area contributed by atoms with Gasteiger partial charge in [-0.15, -0.1) is 0 Å². The van der Waals surface area contributed by atoms with Crippen molar-refractivity contribution in [2.75, 3.05) is 45.9 Å². The number of imide groups is 1. The first-order chi connectivity index (χ1) is 15.6. The van der Waals surface area contributed by atoms with Gasteiger partial charge in [0.2, 0.25) is 0 Å². The van der Waals surface area contributed by atoms with Crippen molar-refractivity contribution in [1.29, 1.82) is 0 Å². The third-order valence-corrected chi connectivity index (χ3v) is 6.19. The van der Waals surface area contributed by atoms with Gasteiger partial charge in [0.05, 0.1) is 18.8 Å². The second kappa shape index (κ2) is 10.3. The van der Waals surface area contributed by atoms with Crippen LogP contribution >= 0.6 is 11.6 Å². The predicted molar refractivity (Wildman–Crippen MR) is 125 cm³/mol. The van der Waals surface area contributed by atoms with Gasteiger partial charge in [0.25, 0.3) is 11.8 Å². The highest BCUT2D eigenvalue weighted by atomic mass is 35.5. The molecule has 2 amide bonds. The van der Waals surface area contributed by atoms with Crippen LogP contribution in [0, 0.1) is 0 Å². The molecule has 0 aliphatic carbocycles. The Morgan fingerprint density at radius 1 is 0.938 bits per heavy atom. The fourth-order valence-electron chi connectivity index (χ4n) is 4.16. The Balaban J connectivity index is 1.64. The number of hydrogen-bond acceptors (Lipinski definition) is 5. The van der Waals surface area contributed by atoms with Gasteiger partial charge in [-0.1, -0.05) is 54.1 Å². The van der Waals surface area contributed by atoms with Gasteiger partial charge < -0.3 is 9.64 Å². The summed E-state index contributed by atoms with van der Waals surface area (Å²) in [4.78, 5) is 32.7. The molecule has 2 aromatic carbocycles. The van der Waals surface area contributed by atoms with Gasteiger partial charge in [-0.25, -0.2) is 0 Å². The Morgan fingerprint density at radius 3 is 2.28 bits per heavy atom. The SMILES string of the molecule is CCN(Cc1ccccc1)C1=C(c2ccc(Cl)cc2)C(=O)N(CCN2CCOCC2)C1=O. The molecule has 0 spiro atoms. The molecule has 2 heterocycles. The fourth-order valence-corrected chi connectivity index (χ4v) is 4.28. The lowest BCUT2D eigenvalue weighted by molar-refractivity contribution is -0.138. The van der Waals surface area contributed by atoms with Gasteiger partial charge >= 0.3 is 0 Å². The molecule has 0 bridgehead atoms. The summed E-state index contributed by atoms with van der Waals surface area (Å²) in [7, 11) is 0. The van der Waals surface area contributed by atoms with E-state index in [4.69, 9.17) is 16.3 Å². The maximum absolute atomic E-state index is 13.6. The molecule has 168 valence electrons. The van der Waals surface area contributed by atoms with Gasteiger partial charge in [-0.2, -0.15) is 0 Å². The third kappa shape index (κ3) is 4.88. The zero-order chi connectivity index (χ0) is 22.5. The number of carbonyl (C=O) groups is 2. The number of amides is 2. The van der Waals surface area contributed by atoms with E-state index in [0.717, 1.165) is 18.7 Å². The predicted octanol–water partition coefficient (Wildman–Crippen LogP) is 3.27. The molecule has 7 heteroatoms. The van der Waals surface area contributed by atoms with Crippen molar-refractivity contribution in [1.82, 2.24) is 14.7 Å². The molecule has 2 aliphatic heterocycles. The minimum atomic E-state index is -0.243. The topological polar surface area (TPSA) is 53.1 Å². The molecular formula is C25H28ClN3O3. The van der Waals surface area contributed by atoms with Crippen LogP contribution in [0.5, 0.6) is 0 Å². The molecule has 1 fully saturated rings. The maximum Gasteiger partial charge on any atom is 0.277 e. The zero-order valence-electron chi connectivity index (χ0n) is 18.3. The van der Waals surface area contributed by atoms with E-state index in [1.165, 1.54) is 4.90 Å². The van der Waals surface area contributed by atoms with E-state index in [0.29, 0.717) is 61.2 Å². The van der Waals surface area contributed by atoms with E-state index < -0.39 is 0 Å². The first-order valence-electron chi connectivity index (χ1n) is 11.0. The van der Waals surface area contributed by atoms with Crippen molar-refractivity contribution < 1.29 is 14.3 Å². The summed E-state index contributed by atoms with van der Waals surface area (Å²) < 4.78 is 5.40. The average Bonchev–Trinajstić information content (AvgIpc) is 3.07. The number of ether oxygens (including phenoxy) is 1. The minimum Gasteiger partial charge on any atom is -0.379 e. The summed E-state index contributed by atoms with van der Waals surface area (Å²) in [5.41, 5.74) is 2.71. The molecule has 2 aromatic rings. The molecule has 6 nitrogen and oxygen atoms in total. The van der Waals surface area contributed by atoms with Crippen molar-refractivity contribution in [3.05, 3.63) is 76.4 Å². The fraction of sp³-hybridized carbons (Fsp3) is 0.360.